The van der Waals surface area contributed by atoms with Crippen LogP contribution in [0.1, 0.15) is 46.5 Å². The lowest BCUT2D eigenvalue weighted by Crippen LogP contribution is -2.52. The number of carbonyl (C=O) groups is 2. The van der Waals surface area contributed by atoms with Crippen LogP contribution in [0.3, 0.4) is 0 Å². The molecule has 0 aromatic carbocycles. The van der Waals surface area contributed by atoms with E-state index in [2.05, 4.69) is 26.1 Å². The number of carbonyl (C=O) groups excluding carboxylic acids is 2. The molecule has 3 N–H and O–H groups in total. The average molecular weight is 295 g/mol. The van der Waals surface area contributed by atoms with E-state index in [9.17, 15) is 9.59 Å². The van der Waals surface area contributed by atoms with E-state index in [4.69, 9.17) is 5.73 Å². The van der Waals surface area contributed by atoms with Crippen LogP contribution in [-0.4, -0.2) is 42.4 Å². The molecule has 0 aromatic heterocycles. The highest BCUT2D eigenvalue weighted by atomic mass is 16.2. The Labute approximate surface area is 127 Å². The summed E-state index contributed by atoms with van der Waals surface area (Å²) in [6.07, 6.45) is 3.82. The molecule has 0 heterocycles. The summed E-state index contributed by atoms with van der Waals surface area (Å²) in [5.41, 5.74) is 6.02. The van der Waals surface area contributed by atoms with Gasteiger partial charge in [-0.25, -0.2) is 0 Å². The van der Waals surface area contributed by atoms with E-state index >= 15 is 0 Å². The van der Waals surface area contributed by atoms with E-state index in [-0.39, 0.29) is 35.7 Å². The van der Waals surface area contributed by atoms with Crippen molar-refractivity contribution in [1.29, 1.82) is 0 Å². The molecule has 2 amide bonds. The predicted molar refractivity (Wildman–Crippen MR) is 82.4 cm³/mol. The zero-order chi connectivity index (χ0) is 15.8. The summed E-state index contributed by atoms with van der Waals surface area (Å²) in [5, 5.41) is 2.93. The fourth-order valence-corrected chi connectivity index (χ4v) is 3.35. The smallest absolute Gasteiger partial charge is 0.239 e. The second kappa shape index (κ2) is 5.95. The molecular formula is C16H29N3O2. The average Bonchev–Trinajstić information content (AvgIpc) is 3.19. The van der Waals surface area contributed by atoms with Crippen molar-refractivity contribution in [2.45, 2.75) is 58.5 Å². The van der Waals surface area contributed by atoms with Gasteiger partial charge in [0.05, 0.1) is 6.54 Å². The second-order valence-electron chi connectivity index (χ2n) is 7.44. The first-order chi connectivity index (χ1) is 9.73. The van der Waals surface area contributed by atoms with Crippen LogP contribution >= 0.6 is 0 Å². The first-order valence-electron chi connectivity index (χ1n) is 8.03. The van der Waals surface area contributed by atoms with Crippen molar-refractivity contribution in [3.05, 3.63) is 0 Å². The van der Waals surface area contributed by atoms with Crippen LogP contribution in [0.25, 0.3) is 0 Å². The number of rotatable bonds is 4. The van der Waals surface area contributed by atoms with Crippen molar-refractivity contribution in [3.63, 3.8) is 0 Å². The minimum absolute atomic E-state index is 0.0493. The Morgan fingerprint density at radius 3 is 2.43 bits per heavy atom. The third-order valence-corrected chi connectivity index (χ3v) is 5.50. The molecule has 21 heavy (non-hydrogen) atoms. The van der Waals surface area contributed by atoms with E-state index in [1.54, 1.807) is 11.9 Å². The maximum absolute atomic E-state index is 12.7. The molecule has 2 aliphatic carbocycles. The SMILES string of the molecule is CC1C(N)CCC(C(=O)N(C)CC(=O)NC2CC2)C1(C)C. The third-order valence-electron chi connectivity index (χ3n) is 5.50. The van der Waals surface area contributed by atoms with Gasteiger partial charge in [-0.3, -0.25) is 9.59 Å². The van der Waals surface area contributed by atoms with Gasteiger partial charge >= 0.3 is 0 Å². The topological polar surface area (TPSA) is 75.4 Å². The van der Waals surface area contributed by atoms with Crippen LogP contribution < -0.4 is 11.1 Å². The molecule has 0 bridgehead atoms. The number of amides is 2. The molecule has 0 spiro atoms. The van der Waals surface area contributed by atoms with Gasteiger partial charge in [-0.2, -0.15) is 0 Å². The first-order valence-corrected chi connectivity index (χ1v) is 8.03. The monoisotopic (exact) mass is 295 g/mol. The molecular weight excluding hydrogens is 266 g/mol. The van der Waals surface area contributed by atoms with Gasteiger partial charge in [0.2, 0.25) is 11.8 Å². The summed E-state index contributed by atoms with van der Waals surface area (Å²) in [7, 11) is 1.73. The van der Waals surface area contributed by atoms with Crippen molar-refractivity contribution >= 4 is 11.8 Å². The molecule has 3 unspecified atom stereocenters. The van der Waals surface area contributed by atoms with Crippen molar-refractivity contribution < 1.29 is 9.59 Å². The third kappa shape index (κ3) is 3.57. The maximum Gasteiger partial charge on any atom is 0.239 e. The molecule has 2 rings (SSSR count). The molecule has 5 heteroatoms. The normalized spacial score (nSPS) is 31.6. The van der Waals surface area contributed by atoms with Crippen molar-refractivity contribution in [3.8, 4) is 0 Å². The van der Waals surface area contributed by atoms with Crippen molar-refractivity contribution in [2.75, 3.05) is 13.6 Å². The lowest BCUT2D eigenvalue weighted by molar-refractivity contribution is -0.144. The summed E-state index contributed by atoms with van der Waals surface area (Å²) in [6, 6.07) is 0.498. The molecule has 3 atom stereocenters. The predicted octanol–water partition coefficient (Wildman–Crippen LogP) is 1.12. The Hall–Kier alpha value is -1.10. The van der Waals surface area contributed by atoms with E-state index in [0.29, 0.717) is 12.0 Å². The standard InChI is InChI=1S/C16H29N3O2/c1-10-13(17)8-7-12(16(10,2)3)15(21)19(4)9-14(20)18-11-5-6-11/h10-13H,5-9,17H2,1-4H3,(H,18,20). The van der Waals surface area contributed by atoms with Gasteiger partial charge in [0.15, 0.2) is 0 Å². The highest BCUT2D eigenvalue weighted by Crippen LogP contribution is 2.44. The number of hydrogen-bond acceptors (Lipinski definition) is 3. The van der Waals surface area contributed by atoms with Crippen LogP contribution in [0, 0.1) is 17.3 Å². The largest absolute Gasteiger partial charge is 0.352 e. The molecule has 2 fully saturated rings. The van der Waals surface area contributed by atoms with Gasteiger partial charge in [-0.1, -0.05) is 20.8 Å². The summed E-state index contributed by atoms with van der Waals surface area (Å²) in [4.78, 5) is 26.1. The molecule has 0 aromatic rings. The fraction of sp³-hybridized carbons (Fsp3) is 0.875. The Morgan fingerprint density at radius 1 is 1.24 bits per heavy atom. The van der Waals surface area contributed by atoms with Gasteiger partial charge in [0.1, 0.15) is 0 Å². The number of likely N-dealkylation sites (N-methyl/N-ethyl adjacent to an activating group) is 1. The molecule has 0 radical (unpaired) electrons. The Kier molecular flexibility index (Phi) is 4.61. The maximum atomic E-state index is 12.7. The van der Waals surface area contributed by atoms with E-state index < -0.39 is 0 Å². The fourth-order valence-electron chi connectivity index (χ4n) is 3.35. The lowest BCUT2D eigenvalue weighted by atomic mass is 9.61. The molecule has 120 valence electrons. The quantitative estimate of drug-likeness (QED) is 0.816. The van der Waals surface area contributed by atoms with Crippen LogP contribution in [0.4, 0.5) is 0 Å². The van der Waals surface area contributed by atoms with Gasteiger partial charge in [-0.05, 0) is 37.0 Å². The Balaban J connectivity index is 1.95. The summed E-state index contributed by atoms with van der Waals surface area (Å²) in [6.45, 7) is 6.53. The Bertz CT molecular complexity index is 418. The number of nitrogens with two attached hydrogens (primary N) is 1. The lowest BCUT2D eigenvalue weighted by Gasteiger charge is -2.46. The molecule has 0 saturated heterocycles. The summed E-state index contributed by atoms with van der Waals surface area (Å²) in [5.74, 6) is 0.274. The minimum Gasteiger partial charge on any atom is -0.352 e. The van der Waals surface area contributed by atoms with Gasteiger partial charge in [0.25, 0.3) is 0 Å². The molecule has 2 aliphatic rings. The van der Waals surface area contributed by atoms with Crippen LogP contribution in [-0.2, 0) is 9.59 Å². The zero-order valence-corrected chi connectivity index (χ0v) is 13.7. The highest BCUT2D eigenvalue weighted by molar-refractivity contribution is 5.86. The number of nitrogens with one attached hydrogen (secondary N) is 1. The van der Waals surface area contributed by atoms with E-state index in [1.807, 2.05) is 0 Å². The number of nitrogens with zero attached hydrogens (tertiary/aromatic N) is 1. The summed E-state index contributed by atoms with van der Waals surface area (Å²) >= 11 is 0. The minimum atomic E-state index is -0.129. The Morgan fingerprint density at radius 2 is 1.86 bits per heavy atom. The molecule has 0 aliphatic heterocycles. The van der Waals surface area contributed by atoms with E-state index in [0.717, 1.165) is 25.7 Å². The van der Waals surface area contributed by atoms with Gasteiger partial charge < -0.3 is 16.0 Å². The second-order valence-corrected chi connectivity index (χ2v) is 7.44. The van der Waals surface area contributed by atoms with Gasteiger partial charge in [-0.15, -0.1) is 0 Å². The van der Waals surface area contributed by atoms with Crippen molar-refractivity contribution in [1.82, 2.24) is 10.2 Å². The van der Waals surface area contributed by atoms with E-state index in [1.165, 1.54) is 0 Å². The molecule has 2 saturated carbocycles. The van der Waals surface area contributed by atoms with Crippen LogP contribution in [0.5, 0.6) is 0 Å². The zero-order valence-electron chi connectivity index (χ0n) is 13.7. The molecule has 5 nitrogen and oxygen atoms in total. The van der Waals surface area contributed by atoms with Gasteiger partial charge in [0, 0.05) is 25.0 Å². The number of hydrogen-bond donors (Lipinski definition) is 2. The summed E-state index contributed by atoms with van der Waals surface area (Å²) < 4.78 is 0. The van der Waals surface area contributed by atoms with Crippen molar-refractivity contribution in [2.24, 2.45) is 23.0 Å². The first kappa shape index (κ1) is 16.3. The van der Waals surface area contributed by atoms with Crippen LogP contribution in [0.15, 0.2) is 0 Å². The highest BCUT2D eigenvalue weighted by Gasteiger charge is 2.45. The van der Waals surface area contributed by atoms with Crippen LogP contribution in [0.2, 0.25) is 0 Å².